The molecule has 0 amide bonds. The number of aromatic nitrogens is 3. The summed E-state index contributed by atoms with van der Waals surface area (Å²) in [4.78, 5) is 8.94. The average molecular weight is 484 g/mol. The van der Waals surface area contributed by atoms with Crippen LogP contribution in [0.25, 0.3) is 16.9 Å². The molecule has 0 radical (unpaired) electrons. The number of morpholine rings is 1. The normalized spacial score (nSPS) is 18.4. The maximum Gasteiger partial charge on any atom is 0.154 e. The molecule has 4 heterocycles. The topological polar surface area (TPSA) is 81.7 Å². The smallest absolute Gasteiger partial charge is 0.154 e. The van der Waals surface area contributed by atoms with Gasteiger partial charge < -0.3 is 19.9 Å². The number of piperazine rings is 1. The van der Waals surface area contributed by atoms with E-state index in [-0.39, 0.29) is 11.9 Å². The summed E-state index contributed by atoms with van der Waals surface area (Å²) < 4.78 is 21.5. The third-order valence-electron chi connectivity index (χ3n) is 6.87. The Morgan fingerprint density at radius 3 is 2.78 bits per heavy atom. The molecular weight excluding hydrogens is 457 g/mol. The Labute approximate surface area is 208 Å². The van der Waals surface area contributed by atoms with Gasteiger partial charge in [-0.3, -0.25) is 0 Å². The van der Waals surface area contributed by atoms with Crippen LogP contribution >= 0.6 is 0 Å². The molecule has 9 heteroatoms. The van der Waals surface area contributed by atoms with Gasteiger partial charge in [0, 0.05) is 38.3 Å². The van der Waals surface area contributed by atoms with Crippen molar-refractivity contribution in [3.8, 4) is 17.3 Å². The lowest BCUT2D eigenvalue weighted by Crippen LogP contribution is -2.43. The minimum atomic E-state index is -0.268. The summed E-state index contributed by atoms with van der Waals surface area (Å²) in [5, 5.41) is 18.2. The van der Waals surface area contributed by atoms with Gasteiger partial charge in [0.1, 0.15) is 17.7 Å². The minimum absolute atomic E-state index is 0.144. The average Bonchev–Trinajstić information content (AvgIpc) is 3.36. The maximum absolute atomic E-state index is 14.0. The lowest BCUT2D eigenvalue weighted by Gasteiger charge is -2.36. The molecule has 0 spiro atoms. The predicted octanol–water partition coefficient (Wildman–Crippen LogP) is 3.39. The molecule has 0 aliphatic carbocycles. The Balaban J connectivity index is 1.37. The van der Waals surface area contributed by atoms with Gasteiger partial charge in [-0.2, -0.15) is 5.26 Å². The van der Waals surface area contributed by atoms with Crippen LogP contribution in [0.2, 0.25) is 0 Å². The number of nitrogens with zero attached hydrogens (tertiary/aromatic N) is 6. The Morgan fingerprint density at radius 2 is 1.94 bits per heavy atom. The highest BCUT2D eigenvalue weighted by Gasteiger charge is 2.27. The minimum Gasteiger partial charge on any atom is -0.377 e. The van der Waals surface area contributed by atoms with Crippen LogP contribution in [0.5, 0.6) is 0 Å². The fraction of sp³-hybridized carbons (Fsp3) is 0.296. The molecule has 2 fully saturated rings. The van der Waals surface area contributed by atoms with Crippen molar-refractivity contribution >= 4 is 17.2 Å². The number of halogens is 1. The number of nitriles is 1. The molecule has 6 rings (SSSR count). The van der Waals surface area contributed by atoms with Gasteiger partial charge in [0.2, 0.25) is 0 Å². The van der Waals surface area contributed by atoms with Gasteiger partial charge >= 0.3 is 0 Å². The number of fused-ring (bicyclic) bond motifs is 1. The first-order chi connectivity index (χ1) is 17.7. The molecule has 8 nitrogen and oxygen atoms in total. The fourth-order valence-electron chi connectivity index (χ4n) is 5.05. The van der Waals surface area contributed by atoms with Crippen molar-refractivity contribution in [1.82, 2.24) is 19.9 Å². The van der Waals surface area contributed by atoms with Crippen LogP contribution in [0.4, 0.5) is 15.9 Å². The van der Waals surface area contributed by atoms with E-state index in [2.05, 4.69) is 26.2 Å². The van der Waals surface area contributed by atoms with Gasteiger partial charge in [0.05, 0.1) is 42.4 Å². The number of anilines is 2. The van der Waals surface area contributed by atoms with Gasteiger partial charge in [-0.25, -0.2) is 13.9 Å². The molecule has 2 aliphatic heterocycles. The van der Waals surface area contributed by atoms with E-state index in [9.17, 15) is 9.65 Å². The van der Waals surface area contributed by atoms with Crippen molar-refractivity contribution < 1.29 is 9.13 Å². The zero-order valence-corrected chi connectivity index (χ0v) is 19.8. The van der Waals surface area contributed by atoms with Gasteiger partial charge in [0.15, 0.2) is 5.65 Å². The first-order valence-corrected chi connectivity index (χ1v) is 12.2. The molecule has 2 aromatic heterocycles. The second kappa shape index (κ2) is 9.57. The zero-order valence-electron chi connectivity index (χ0n) is 19.8. The summed E-state index contributed by atoms with van der Waals surface area (Å²) >= 11 is 0. The summed E-state index contributed by atoms with van der Waals surface area (Å²) in [6, 6.07) is 18.7. The van der Waals surface area contributed by atoms with E-state index in [1.54, 1.807) is 18.3 Å². The Bertz CT molecular complexity index is 1440. The lowest BCUT2D eigenvalue weighted by atomic mass is 10.0. The summed E-state index contributed by atoms with van der Waals surface area (Å²) in [6.45, 7) is 5.23. The van der Waals surface area contributed by atoms with Crippen molar-refractivity contribution in [2.45, 2.75) is 6.04 Å². The molecule has 1 atom stereocenters. The number of imidazole rings is 1. The van der Waals surface area contributed by atoms with Crippen LogP contribution < -0.4 is 15.1 Å². The summed E-state index contributed by atoms with van der Waals surface area (Å²) in [5.74, 6) is 0.494. The number of benzene rings is 2. The Hall–Kier alpha value is -4.00. The van der Waals surface area contributed by atoms with Crippen LogP contribution in [0.1, 0.15) is 17.2 Å². The molecule has 1 unspecified atom stereocenters. The zero-order chi connectivity index (χ0) is 24.5. The van der Waals surface area contributed by atoms with E-state index < -0.39 is 0 Å². The second-order valence-corrected chi connectivity index (χ2v) is 9.02. The highest BCUT2D eigenvalue weighted by Crippen LogP contribution is 2.31. The number of hydrogen-bond donors (Lipinski definition) is 1. The van der Waals surface area contributed by atoms with E-state index in [4.69, 9.17) is 9.84 Å². The van der Waals surface area contributed by atoms with Crippen molar-refractivity contribution in [1.29, 1.82) is 5.26 Å². The molecular formula is C27H26FN7O. The monoisotopic (exact) mass is 483 g/mol. The fourth-order valence-corrected chi connectivity index (χ4v) is 5.05. The number of nitrogens with one attached hydrogen (secondary N) is 1. The van der Waals surface area contributed by atoms with E-state index >= 15 is 0 Å². The SMILES string of the molecule is N#Cc1cc(-c2cnc3ccc(N4CCOCC4c4cccc(F)c4)nn23)ccc1N1CCNCC1. The van der Waals surface area contributed by atoms with Crippen molar-refractivity contribution in [3.05, 3.63) is 77.7 Å². The largest absolute Gasteiger partial charge is 0.377 e. The summed E-state index contributed by atoms with van der Waals surface area (Å²) in [5.41, 5.74) is 4.85. The van der Waals surface area contributed by atoms with E-state index in [1.165, 1.54) is 6.07 Å². The van der Waals surface area contributed by atoms with E-state index in [1.807, 2.05) is 40.9 Å². The van der Waals surface area contributed by atoms with Crippen molar-refractivity contribution in [2.75, 3.05) is 55.7 Å². The number of ether oxygens (including phenoxy) is 1. The van der Waals surface area contributed by atoms with Crippen LogP contribution in [0.3, 0.4) is 0 Å². The highest BCUT2D eigenvalue weighted by molar-refractivity contribution is 5.71. The first-order valence-electron chi connectivity index (χ1n) is 12.2. The number of hydrogen-bond acceptors (Lipinski definition) is 7. The molecule has 2 aliphatic rings. The lowest BCUT2D eigenvalue weighted by molar-refractivity contribution is 0.0935. The first kappa shape index (κ1) is 22.5. The second-order valence-electron chi connectivity index (χ2n) is 9.02. The predicted molar refractivity (Wildman–Crippen MR) is 136 cm³/mol. The maximum atomic E-state index is 14.0. The molecule has 182 valence electrons. The van der Waals surface area contributed by atoms with Crippen LogP contribution in [-0.2, 0) is 4.74 Å². The van der Waals surface area contributed by atoms with Gasteiger partial charge in [-0.1, -0.05) is 18.2 Å². The quantitative estimate of drug-likeness (QED) is 0.477. The highest BCUT2D eigenvalue weighted by atomic mass is 19.1. The molecule has 1 N–H and O–H groups in total. The molecule has 4 aromatic rings. The number of rotatable bonds is 4. The summed E-state index contributed by atoms with van der Waals surface area (Å²) in [7, 11) is 0. The molecule has 2 saturated heterocycles. The molecule has 0 bridgehead atoms. The Kier molecular flexibility index (Phi) is 5.97. The molecule has 2 aromatic carbocycles. The molecule has 0 saturated carbocycles. The van der Waals surface area contributed by atoms with Crippen molar-refractivity contribution in [3.63, 3.8) is 0 Å². The van der Waals surface area contributed by atoms with Gasteiger partial charge in [0.25, 0.3) is 0 Å². The summed E-state index contributed by atoms with van der Waals surface area (Å²) in [6.07, 6.45) is 1.79. The molecule has 36 heavy (non-hydrogen) atoms. The standard InChI is InChI=1S/C27H26FN7O/c28-22-3-1-2-19(15-22)25-18-36-13-12-34(25)27-7-6-26-31-17-24(35(26)32-27)20-4-5-23(21(14-20)16-29)33-10-8-30-9-11-33/h1-7,14-15,17,25,30H,8-13,18H2. The van der Waals surface area contributed by atoms with Gasteiger partial charge in [-0.05, 0) is 42.0 Å². The van der Waals surface area contributed by atoms with E-state index in [0.717, 1.165) is 54.5 Å². The Morgan fingerprint density at radius 1 is 1.06 bits per heavy atom. The van der Waals surface area contributed by atoms with Crippen LogP contribution in [0.15, 0.2) is 60.8 Å². The van der Waals surface area contributed by atoms with Gasteiger partial charge in [-0.15, -0.1) is 5.10 Å². The van der Waals surface area contributed by atoms with Crippen LogP contribution in [-0.4, -0.2) is 60.5 Å². The van der Waals surface area contributed by atoms with Crippen molar-refractivity contribution in [2.24, 2.45) is 0 Å². The van der Waals surface area contributed by atoms with Crippen LogP contribution in [0, 0.1) is 17.1 Å². The third kappa shape index (κ3) is 4.15. The van der Waals surface area contributed by atoms with E-state index in [0.29, 0.717) is 31.0 Å². The third-order valence-corrected chi connectivity index (χ3v) is 6.87.